The lowest BCUT2D eigenvalue weighted by Crippen LogP contribution is -2.11. The van der Waals surface area contributed by atoms with Gasteiger partial charge >= 0.3 is 5.97 Å². The third kappa shape index (κ3) is 3.54. The lowest BCUT2D eigenvalue weighted by Gasteiger charge is -2.08. The van der Waals surface area contributed by atoms with Crippen molar-refractivity contribution in [2.75, 3.05) is 11.9 Å². The third-order valence-corrected chi connectivity index (χ3v) is 5.63. The number of nitrogens with one attached hydrogen (secondary N) is 1. The maximum absolute atomic E-state index is 12.6. The number of amides is 1. The van der Waals surface area contributed by atoms with Crippen molar-refractivity contribution in [3.63, 3.8) is 0 Å². The molecular formula is C19H18N4O4S. The number of hydrogen-bond donors (Lipinski definition) is 2. The molecule has 1 aliphatic heterocycles. The van der Waals surface area contributed by atoms with Crippen molar-refractivity contribution in [1.29, 1.82) is 0 Å². The first-order valence-electron chi connectivity index (χ1n) is 8.80. The Morgan fingerprint density at radius 2 is 2.21 bits per heavy atom. The van der Waals surface area contributed by atoms with Gasteiger partial charge in [0.2, 0.25) is 0 Å². The van der Waals surface area contributed by atoms with Gasteiger partial charge in [-0.05, 0) is 38.0 Å². The normalized spacial score (nSPS) is 16.2. The molecule has 9 heteroatoms. The predicted molar refractivity (Wildman–Crippen MR) is 103 cm³/mol. The van der Waals surface area contributed by atoms with Gasteiger partial charge in [0, 0.05) is 12.3 Å². The Bertz CT molecular complexity index is 1040. The van der Waals surface area contributed by atoms with Crippen LogP contribution in [0.3, 0.4) is 0 Å². The highest BCUT2D eigenvalue weighted by Gasteiger charge is 2.22. The van der Waals surface area contributed by atoms with Crippen LogP contribution in [-0.2, 0) is 4.74 Å². The van der Waals surface area contributed by atoms with Gasteiger partial charge < -0.3 is 15.2 Å². The van der Waals surface area contributed by atoms with E-state index in [4.69, 9.17) is 4.74 Å². The molecule has 3 heterocycles. The number of benzene rings is 1. The highest BCUT2D eigenvalue weighted by Crippen LogP contribution is 2.31. The van der Waals surface area contributed by atoms with E-state index in [1.807, 2.05) is 0 Å². The van der Waals surface area contributed by atoms with Crippen molar-refractivity contribution in [3.05, 3.63) is 57.8 Å². The first-order chi connectivity index (χ1) is 13.5. The lowest BCUT2D eigenvalue weighted by atomic mass is 10.2. The summed E-state index contributed by atoms with van der Waals surface area (Å²) >= 11 is 1.34. The summed E-state index contributed by atoms with van der Waals surface area (Å²) in [5.41, 5.74) is 1.90. The summed E-state index contributed by atoms with van der Waals surface area (Å²) < 4.78 is 7.14. The van der Waals surface area contributed by atoms with Crippen molar-refractivity contribution in [3.8, 4) is 5.69 Å². The lowest BCUT2D eigenvalue weighted by molar-refractivity contribution is 0.0696. The predicted octanol–water partition coefficient (Wildman–Crippen LogP) is 3.44. The van der Waals surface area contributed by atoms with E-state index in [0.29, 0.717) is 21.9 Å². The fraction of sp³-hybridized carbons (Fsp3) is 0.263. The second kappa shape index (κ2) is 7.53. The second-order valence-electron chi connectivity index (χ2n) is 6.43. The first kappa shape index (κ1) is 18.3. The molecule has 1 aromatic carbocycles. The van der Waals surface area contributed by atoms with E-state index in [2.05, 4.69) is 15.4 Å². The number of carboxylic acids is 1. The van der Waals surface area contributed by atoms with Crippen LogP contribution in [0.25, 0.3) is 5.69 Å². The zero-order chi connectivity index (χ0) is 19.7. The monoisotopic (exact) mass is 398 g/mol. The van der Waals surface area contributed by atoms with Gasteiger partial charge in [0.15, 0.2) is 0 Å². The molecule has 1 amide bonds. The topological polar surface area (TPSA) is 106 Å². The van der Waals surface area contributed by atoms with Gasteiger partial charge in [0.1, 0.15) is 21.6 Å². The van der Waals surface area contributed by atoms with Crippen LogP contribution >= 0.6 is 11.3 Å². The minimum Gasteiger partial charge on any atom is -0.478 e. The Hall–Kier alpha value is -3.04. The summed E-state index contributed by atoms with van der Waals surface area (Å²) in [5.74, 6) is -1.28. The van der Waals surface area contributed by atoms with E-state index in [-0.39, 0.29) is 17.6 Å². The van der Waals surface area contributed by atoms with Crippen molar-refractivity contribution < 1.29 is 19.4 Å². The fourth-order valence-electron chi connectivity index (χ4n) is 3.10. The van der Waals surface area contributed by atoms with E-state index < -0.39 is 5.97 Å². The van der Waals surface area contributed by atoms with Crippen molar-refractivity contribution >= 4 is 28.9 Å². The molecule has 8 nitrogen and oxygen atoms in total. The number of ether oxygens (including phenoxy) is 1. The van der Waals surface area contributed by atoms with Crippen LogP contribution < -0.4 is 5.32 Å². The quantitative estimate of drug-likeness (QED) is 0.682. The van der Waals surface area contributed by atoms with Gasteiger partial charge in [0.05, 0.1) is 23.8 Å². The van der Waals surface area contributed by atoms with Gasteiger partial charge in [-0.2, -0.15) is 5.10 Å². The molecule has 3 aromatic rings. The average Bonchev–Trinajstić information content (AvgIpc) is 3.42. The number of carbonyl (C=O) groups is 2. The summed E-state index contributed by atoms with van der Waals surface area (Å²) in [6.45, 7) is 2.42. The second-order valence-corrected chi connectivity index (χ2v) is 7.49. The zero-order valence-corrected chi connectivity index (χ0v) is 15.9. The van der Waals surface area contributed by atoms with Gasteiger partial charge in [-0.15, -0.1) is 11.3 Å². The summed E-state index contributed by atoms with van der Waals surface area (Å²) in [6, 6.07) is 7.08. The number of anilines is 1. The van der Waals surface area contributed by atoms with Gasteiger partial charge in [-0.25, -0.2) is 14.5 Å². The fourth-order valence-corrected chi connectivity index (χ4v) is 4.00. The number of hydrogen-bond acceptors (Lipinski definition) is 6. The average molecular weight is 398 g/mol. The molecule has 4 rings (SSSR count). The SMILES string of the molecule is Cc1c(C(=O)O)cnn1-c1cccc(NC(=O)c2cnc(C3CCCO3)s2)c1. The zero-order valence-electron chi connectivity index (χ0n) is 15.1. The van der Waals surface area contributed by atoms with Crippen LogP contribution in [0, 0.1) is 6.92 Å². The molecule has 2 N–H and O–H groups in total. The van der Waals surface area contributed by atoms with Crippen molar-refractivity contribution in [2.45, 2.75) is 25.9 Å². The molecule has 144 valence electrons. The van der Waals surface area contributed by atoms with E-state index in [1.54, 1.807) is 37.4 Å². The molecule has 1 aliphatic rings. The van der Waals surface area contributed by atoms with Crippen molar-refractivity contribution in [2.24, 2.45) is 0 Å². The summed E-state index contributed by atoms with van der Waals surface area (Å²) in [5, 5.41) is 17.0. The maximum Gasteiger partial charge on any atom is 0.339 e. The molecule has 1 unspecified atom stereocenters. The molecular weight excluding hydrogens is 380 g/mol. The molecule has 0 bridgehead atoms. The van der Waals surface area contributed by atoms with Gasteiger partial charge in [-0.1, -0.05) is 6.07 Å². The highest BCUT2D eigenvalue weighted by molar-refractivity contribution is 7.13. The molecule has 0 radical (unpaired) electrons. The van der Waals surface area contributed by atoms with E-state index in [1.165, 1.54) is 22.2 Å². The molecule has 28 heavy (non-hydrogen) atoms. The van der Waals surface area contributed by atoms with Gasteiger partial charge in [0.25, 0.3) is 5.91 Å². The smallest absolute Gasteiger partial charge is 0.339 e. The summed E-state index contributed by atoms with van der Waals surface area (Å²) in [7, 11) is 0. The third-order valence-electron chi connectivity index (χ3n) is 4.54. The molecule has 1 fully saturated rings. The van der Waals surface area contributed by atoms with Crippen LogP contribution in [0.15, 0.2) is 36.7 Å². The summed E-state index contributed by atoms with van der Waals surface area (Å²) in [4.78, 5) is 28.6. The summed E-state index contributed by atoms with van der Waals surface area (Å²) in [6.07, 6.45) is 4.80. The van der Waals surface area contributed by atoms with E-state index in [9.17, 15) is 14.7 Å². The standard InChI is InChI=1S/C19H18N4O4S/c1-11-14(19(25)26)9-21-23(11)13-5-2-4-12(8-13)22-17(24)16-10-20-18(28-16)15-6-3-7-27-15/h2,4-5,8-10,15H,3,6-7H2,1H3,(H,22,24)(H,25,26). The van der Waals surface area contributed by atoms with Crippen LogP contribution in [0.1, 0.15) is 49.7 Å². The number of nitrogens with zero attached hydrogens (tertiary/aromatic N) is 3. The molecule has 2 aromatic heterocycles. The number of carboxylic acid groups (broad SMARTS) is 1. The molecule has 0 spiro atoms. The van der Waals surface area contributed by atoms with E-state index >= 15 is 0 Å². The number of aromatic nitrogens is 3. The molecule has 1 saturated heterocycles. The Balaban J connectivity index is 1.52. The minimum absolute atomic E-state index is 0.0129. The van der Waals surface area contributed by atoms with Gasteiger partial charge in [-0.3, -0.25) is 4.79 Å². The van der Waals surface area contributed by atoms with Crippen LogP contribution in [0.5, 0.6) is 0 Å². The largest absolute Gasteiger partial charge is 0.478 e. The Morgan fingerprint density at radius 1 is 1.36 bits per heavy atom. The van der Waals surface area contributed by atoms with Crippen molar-refractivity contribution in [1.82, 2.24) is 14.8 Å². The Kier molecular flexibility index (Phi) is 4.93. The Labute approximate surface area is 164 Å². The number of aromatic carboxylic acids is 1. The van der Waals surface area contributed by atoms with Crippen LogP contribution in [0.4, 0.5) is 5.69 Å². The number of carbonyl (C=O) groups excluding carboxylic acids is 1. The molecule has 0 saturated carbocycles. The number of rotatable bonds is 5. The minimum atomic E-state index is -1.03. The molecule has 0 aliphatic carbocycles. The van der Waals surface area contributed by atoms with Crippen LogP contribution in [0.2, 0.25) is 0 Å². The highest BCUT2D eigenvalue weighted by atomic mass is 32.1. The van der Waals surface area contributed by atoms with Crippen LogP contribution in [-0.4, -0.2) is 38.4 Å². The maximum atomic E-state index is 12.6. The van der Waals surface area contributed by atoms with E-state index in [0.717, 1.165) is 24.5 Å². The first-order valence-corrected chi connectivity index (χ1v) is 9.61. The number of thiazole rings is 1. The Morgan fingerprint density at radius 3 is 2.93 bits per heavy atom. The molecule has 1 atom stereocenters.